The zero-order chi connectivity index (χ0) is 14.5. The van der Waals surface area contributed by atoms with Crippen LogP contribution in [0.5, 0.6) is 0 Å². The Morgan fingerprint density at radius 3 is 2.32 bits per heavy atom. The van der Waals surface area contributed by atoms with Gasteiger partial charge in [-0.2, -0.15) is 13.2 Å². The maximum Gasteiger partial charge on any atom is 0.403 e. The first-order valence-corrected chi connectivity index (χ1v) is 6.10. The summed E-state index contributed by atoms with van der Waals surface area (Å²) in [6.07, 6.45) is -2.79. The van der Waals surface area contributed by atoms with Crippen molar-refractivity contribution in [2.75, 3.05) is 26.2 Å². The van der Waals surface area contributed by atoms with E-state index in [9.17, 15) is 22.8 Å². The number of nitrogens with one attached hydrogen (secondary N) is 1. The molecule has 1 amide bonds. The van der Waals surface area contributed by atoms with Gasteiger partial charge in [-0.25, -0.2) is 0 Å². The summed E-state index contributed by atoms with van der Waals surface area (Å²) in [4.78, 5) is 23.7. The van der Waals surface area contributed by atoms with Crippen molar-refractivity contribution in [3.8, 4) is 0 Å². The van der Waals surface area contributed by atoms with Crippen LogP contribution in [-0.2, 0) is 9.59 Å². The van der Waals surface area contributed by atoms with Gasteiger partial charge in [0.05, 0.1) is 0 Å². The minimum absolute atomic E-state index is 0.0508. The van der Waals surface area contributed by atoms with Gasteiger partial charge < -0.3 is 15.3 Å². The number of carbonyl (C=O) groups excluding carboxylic acids is 1. The van der Waals surface area contributed by atoms with Gasteiger partial charge in [0.15, 0.2) is 5.92 Å². The zero-order valence-corrected chi connectivity index (χ0v) is 10.4. The highest BCUT2D eigenvalue weighted by Gasteiger charge is 2.44. The van der Waals surface area contributed by atoms with Gasteiger partial charge in [-0.05, 0) is 12.8 Å². The van der Waals surface area contributed by atoms with Gasteiger partial charge in [0.25, 0.3) is 0 Å². The number of nitrogens with zero attached hydrogens (tertiary/aromatic N) is 1. The van der Waals surface area contributed by atoms with Crippen molar-refractivity contribution < 1.29 is 27.9 Å². The predicted molar refractivity (Wildman–Crippen MR) is 60.5 cm³/mol. The molecule has 0 aromatic rings. The molecule has 8 heteroatoms. The monoisotopic (exact) mass is 282 g/mol. The molecule has 1 fully saturated rings. The third kappa shape index (κ3) is 5.06. The lowest BCUT2D eigenvalue weighted by Crippen LogP contribution is -2.40. The van der Waals surface area contributed by atoms with Gasteiger partial charge in [0.2, 0.25) is 5.91 Å². The summed E-state index contributed by atoms with van der Waals surface area (Å²) >= 11 is 0. The molecule has 0 saturated carbocycles. The second-order valence-corrected chi connectivity index (χ2v) is 4.47. The fourth-order valence-electron chi connectivity index (χ4n) is 1.91. The molecule has 1 unspecified atom stereocenters. The van der Waals surface area contributed by atoms with E-state index in [0.717, 1.165) is 12.8 Å². The highest BCUT2D eigenvalue weighted by atomic mass is 19.4. The van der Waals surface area contributed by atoms with Crippen molar-refractivity contribution in [1.29, 1.82) is 0 Å². The Bertz CT molecular complexity index is 328. The summed E-state index contributed by atoms with van der Waals surface area (Å²) < 4.78 is 36.9. The molecule has 0 aromatic carbocycles. The number of halogens is 3. The standard InChI is InChI=1S/C11H17F3N2O3/c12-11(13,14)8(10(18)19)7-15-4-3-9(17)16-5-1-2-6-16/h8,15H,1-7H2,(H,18,19). The maximum absolute atomic E-state index is 12.3. The van der Waals surface area contributed by atoms with E-state index in [-0.39, 0.29) is 18.9 Å². The number of carboxylic acid groups (broad SMARTS) is 1. The smallest absolute Gasteiger partial charge is 0.403 e. The summed E-state index contributed by atoms with van der Waals surface area (Å²) in [6.45, 7) is 0.722. The van der Waals surface area contributed by atoms with Gasteiger partial charge >= 0.3 is 12.1 Å². The fraction of sp³-hybridized carbons (Fsp3) is 0.818. The van der Waals surface area contributed by atoms with Gasteiger partial charge in [0.1, 0.15) is 0 Å². The number of likely N-dealkylation sites (tertiary alicyclic amines) is 1. The van der Waals surface area contributed by atoms with E-state index < -0.39 is 24.6 Å². The van der Waals surface area contributed by atoms with Crippen molar-refractivity contribution in [3.05, 3.63) is 0 Å². The van der Waals surface area contributed by atoms with E-state index in [2.05, 4.69) is 5.32 Å². The van der Waals surface area contributed by atoms with E-state index in [1.807, 2.05) is 0 Å². The third-order valence-corrected chi connectivity index (χ3v) is 3.02. The summed E-state index contributed by atoms with van der Waals surface area (Å²) in [5.74, 6) is -4.45. The fourth-order valence-corrected chi connectivity index (χ4v) is 1.91. The molecule has 110 valence electrons. The average Bonchev–Trinajstić information content (AvgIpc) is 2.79. The SMILES string of the molecule is O=C(O)C(CNCCC(=O)N1CCCC1)C(F)(F)F. The second kappa shape index (κ2) is 6.74. The zero-order valence-electron chi connectivity index (χ0n) is 10.4. The molecule has 1 atom stereocenters. The number of carboxylic acids is 1. The molecule has 0 aromatic heterocycles. The molecule has 0 spiro atoms. The normalized spacial score (nSPS) is 17.5. The molecule has 1 saturated heterocycles. The lowest BCUT2D eigenvalue weighted by atomic mass is 10.1. The minimum atomic E-state index is -4.78. The lowest BCUT2D eigenvalue weighted by molar-refractivity contribution is -0.192. The Morgan fingerprint density at radius 1 is 1.26 bits per heavy atom. The van der Waals surface area contributed by atoms with E-state index in [1.165, 1.54) is 0 Å². The Morgan fingerprint density at radius 2 is 1.84 bits per heavy atom. The van der Waals surface area contributed by atoms with Crippen LogP contribution in [0.25, 0.3) is 0 Å². The first-order valence-electron chi connectivity index (χ1n) is 6.10. The highest BCUT2D eigenvalue weighted by Crippen LogP contribution is 2.25. The molecule has 19 heavy (non-hydrogen) atoms. The highest BCUT2D eigenvalue weighted by molar-refractivity contribution is 5.76. The number of hydrogen-bond acceptors (Lipinski definition) is 3. The van der Waals surface area contributed by atoms with Gasteiger partial charge in [-0.15, -0.1) is 0 Å². The lowest BCUT2D eigenvalue weighted by Gasteiger charge is -2.18. The summed E-state index contributed by atoms with van der Waals surface area (Å²) in [7, 11) is 0. The molecule has 0 bridgehead atoms. The number of amides is 1. The van der Waals surface area contributed by atoms with Crippen LogP contribution < -0.4 is 5.32 Å². The number of rotatable bonds is 6. The molecule has 2 N–H and O–H groups in total. The minimum Gasteiger partial charge on any atom is -0.481 e. The molecule has 1 aliphatic heterocycles. The Balaban J connectivity index is 2.25. The molecule has 0 aliphatic carbocycles. The van der Waals surface area contributed by atoms with Crippen molar-refractivity contribution in [3.63, 3.8) is 0 Å². The third-order valence-electron chi connectivity index (χ3n) is 3.02. The molecule has 1 aliphatic rings. The summed E-state index contributed by atoms with van der Waals surface area (Å²) in [5.41, 5.74) is 0. The van der Waals surface area contributed by atoms with Crippen LogP contribution in [0.2, 0.25) is 0 Å². The van der Waals surface area contributed by atoms with E-state index in [0.29, 0.717) is 13.1 Å². The van der Waals surface area contributed by atoms with Crippen LogP contribution in [0.1, 0.15) is 19.3 Å². The van der Waals surface area contributed by atoms with E-state index >= 15 is 0 Å². The number of alkyl halides is 3. The van der Waals surface area contributed by atoms with Crippen LogP contribution >= 0.6 is 0 Å². The molecule has 5 nitrogen and oxygen atoms in total. The number of aliphatic carboxylic acids is 1. The van der Waals surface area contributed by atoms with Gasteiger partial charge in [-0.3, -0.25) is 9.59 Å². The Labute approximate surface area is 108 Å². The van der Waals surface area contributed by atoms with Crippen LogP contribution in [0.15, 0.2) is 0 Å². The quantitative estimate of drug-likeness (QED) is 0.709. The van der Waals surface area contributed by atoms with Crippen molar-refractivity contribution >= 4 is 11.9 Å². The predicted octanol–water partition coefficient (Wildman–Crippen LogP) is 0.852. The maximum atomic E-state index is 12.3. The van der Waals surface area contributed by atoms with Crippen LogP contribution in [0.4, 0.5) is 13.2 Å². The van der Waals surface area contributed by atoms with E-state index in [1.54, 1.807) is 4.90 Å². The van der Waals surface area contributed by atoms with Gasteiger partial charge in [0, 0.05) is 32.6 Å². The second-order valence-electron chi connectivity index (χ2n) is 4.47. The average molecular weight is 282 g/mol. The van der Waals surface area contributed by atoms with Crippen molar-refractivity contribution in [2.45, 2.75) is 25.4 Å². The largest absolute Gasteiger partial charge is 0.481 e. The van der Waals surface area contributed by atoms with Crippen LogP contribution in [0, 0.1) is 5.92 Å². The van der Waals surface area contributed by atoms with E-state index in [4.69, 9.17) is 5.11 Å². The van der Waals surface area contributed by atoms with Crippen molar-refractivity contribution in [1.82, 2.24) is 10.2 Å². The van der Waals surface area contributed by atoms with Crippen LogP contribution in [-0.4, -0.2) is 54.2 Å². The van der Waals surface area contributed by atoms with Gasteiger partial charge in [-0.1, -0.05) is 0 Å². The molecular formula is C11H17F3N2O3. The molecule has 1 rings (SSSR count). The molecular weight excluding hydrogens is 265 g/mol. The van der Waals surface area contributed by atoms with Crippen LogP contribution in [0.3, 0.4) is 0 Å². The number of carbonyl (C=O) groups is 2. The molecule has 1 heterocycles. The summed E-state index contributed by atoms with van der Waals surface area (Å²) in [6, 6.07) is 0. The number of hydrogen-bond donors (Lipinski definition) is 2. The summed E-state index contributed by atoms with van der Waals surface area (Å²) in [5, 5.41) is 10.8. The van der Waals surface area contributed by atoms with Crippen molar-refractivity contribution in [2.24, 2.45) is 5.92 Å². The first kappa shape index (κ1) is 15.7. The Kier molecular flexibility index (Phi) is 5.59. The topological polar surface area (TPSA) is 69.6 Å². The molecule has 0 radical (unpaired) electrons. The first-order chi connectivity index (χ1) is 8.82. The Hall–Kier alpha value is -1.31.